The molecule has 0 aromatic carbocycles. The summed E-state index contributed by atoms with van der Waals surface area (Å²) in [6.45, 7) is 9.09. The second-order valence-corrected chi connectivity index (χ2v) is 13.2. The second-order valence-electron chi connectivity index (χ2n) is 11.3. The van der Waals surface area contributed by atoms with Crippen LogP contribution in [0.2, 0.25) is 0 Å². The molecule has 2 N–H and O–H groups in total. The van der Waals surface area contributed by atoms with E-state index in [1.54, 1.807) is 0 Å². The fourth-order valence-corrected chi connectivity index (χ4v) is 8.96. The van der Waals surface area contributed by atoms with Crippen LogP contribution in [-0.2, 0) is 14.8 Å². The van der Waals surface area contributed by atoms with Gasteiger partial charge in [-0.2, -0.15) is 0 Å². The van der Waals surface area contributed by atoms with Gasteiger partial charge in [0.25, 0.3) is 5.91 Å². The molecule has 1 amide bonds. The minimum atomic E-state index is -3.63. The van der Waals surface area contributed by atoms with Crippen LogP contribution in [0.15, 0.2) is 16.3 Å². The van der Waals surface area contributed by atoms with Crippen molar-refractivity contribution in [3.8, 4) is 0 Å². The average Bonchev–Trinajstić information content (AvgIpc) is 3.41. The van der Waals surface area contributed by atoms with Crippen molar-refractivity contribution in [3.05, 3.63) is 28.8 Å². The number of hydrogen-bond donors (Lipinski definition) is 2. The van der Waals surface area contributed by atoms with Gasteiger partial charge in [0.2, 0.25) is 10.0 Å². The molecule has 2 saturated carbocycles. The summed E-state index contributed by atoms with van der Waals surface area (Å²) in [5, 5.41) is 6.76. The summed E-state index contributed by atoms with van der Waals surface area (Å²) in [4.78, 5) is 17.7. The lowest BCUT2D eigenvalue weighted by Crippen LogP contribution is -2.64. The molecule has 35 heavy (non-hydrogen) atoms. The number of hydrogen-bond acceptors (Lipinski definition) is 7. The summed E-state index contributed by atoms with van der Waals surface area (Å²) in [5.74, 6) is 0.245. The summed E-state index contributed by atoms with van der Waals surface area (Å²) < 4.78 is 36.3. The molecule has 0 radical (unpaired) electrons. The maximum Gasteiger partial charge on any atom is 0.267 e. The Labute approximate surface area is 208 Å². The van der Waals surface area contributed by atoms with Crippen LogP contribution in [0.25, 0.3) is 0 Å². The number of aromatic nitrogens is 1. The van der Waals surface area contributed by atoms with E-state index in [0.29, 0.717) is 18.5 Å². The maximum atomic E-state index is 13.9. The smallest absolute Gasteiger partial charge is 0.267 e. The Balaban J connectivity index is 1.53. The third-order valence-corrected chi connectivity index (χ3v) is 10.7. The molecule has 1 aromatic heterocycles. The Morgan fingerprint density at radius 1 is 1.17 bits per heavy atom. The number of likely N-dealkylation sites (N-methyl/N-ethyl adjacent to an activating group) is 1. The van der Waals surface area contributed by atoms with Gasteiger partial charge in [0, 0.05) is 49.2 Å². The number of nitrogens with zero attached hydrogens (tertiary/aromatic N) is 3. The molecule has 5 rings (SSSR count). The number of nitrogens with one attached hydrogen (secondary N) is 2. The Morgan fingerprint density at radius 2 is 1.86 bits per heavy atom. The highest BCUT2D eigenvalue weighted by molar-refractivity contribution is 7.90. The van der Waals surface area contributed by atoms with Gasteiger partial charge in [0.05, 0.1) is 16.6 Å². The molecule has 0 spiro atoms. The predicted molar refractivity (Wildman–Crippen MR) is 133 cm³/mol. The first-order valence-electron chi connectivity index (χ1n) is 13.0. The van der Waals surface area contributed by atoms with Crippen molar-refractivity contribution in [3.63, 3.8) is 0 Å². The largest absolute Gasteiger partial charge is 0.365 e. The Kier molecular flexibility index (Phi) is 6.51. The topological polar surface area (TPSA) is 108 Å². The van der Waals surface area contributed by atoms with Crippen LogP contribution in [0.1, 0.15) is 68.4 Å². The van der Waals surface area contributed by atoms with E-state index in [2.05, 4.69) is 32.0 Å². The summed E-state index contributed by atoms with van der Waals surface area (Å²) in [6.07, 6.45) is 7.00. The van der Waals surface area contributed by atoms with Gasteiger partial charge < -0.3 is 19.6 Å². The van der Waals surface area contributed by atoms with Crippen LogP contribution in [0.4, 0.5) is 0 Å². The highest BCUT2D eigenvalue weighted by Crippen LogP contribution is 2.48. The number of amides is 1. The van der Waals surface area contributed by atoms with E-state index in [1.807, 2.05) is 26.8 Å². The van der Waals surface area contributed by atoms with Crippen molar-refractivity contribution in [2.45, 2.75) is 82.0 Å². The zero-order chi connectivity index (χ0) is 25.0. The second kappa shape index (κ2) is 9.19. The molecule has 1 saturated heterocycles. The van der Waals surface area contributed by atoms with Crippen LogP contribution < -0.4 is 10.0 Å². The third kappa shape index (κ3) is 4.64. The van der Waals surface area contributed by atoms with Gasteiger partial charge in [-0.1, -0.05) is 18.0 Å². The summed E-state index contributed by atoms with van der Waals surface area (Å²) in [6, 6.07) is 0.00459. The third-order valence-electron chi connectivity index (χ3n) is 8.72. The summed E-state index contributed by atoms with van der Waals surface area (Å²) in [5.41, 5.74) is 1.72. The molecule has 0 bridgehead atoms. The van der Waals surface area contributed by atoms with E-state index in [0.717, 1.165) is 68.9 Å². The molecule has 9 nitrogen and oxygen atoms in total. The minimum Gasteiger partial charge on any atom is -0.365 e. The van der Waals surface area contributed by atoms with Gasteiger partial charge in [0.15, 0.2) is 0 Å². The van der Waals surface area contributed by atoms with Gasteiger partial charge in [-0.15, -0.1) is 0 Å². The number of carbonyl (C=O) groups is 1. The van der Waals surface area contributed by atoms with Crippen LogP contribution in [0, 0.1) is 19.8 Å². The molecular formula is C25H39N5O4S. The van der Waals surface area contributed by atoms with E-state index in [1.165, 1.54) is 0 Å². The molecule has 2 aliphatic heterocycles. The van der Waals surface area contributed by atoms with Gasteiger partial charge in [-0.25, -0.2) is 13.1 Å². The van der Waals surface area contributed by atoms with Crippen molar-refractivity contribution in [1.29, 1.82) is 0 Å². The molecule has 4 atom stereocenters. The zero-order valence-electron chi connectivity index (χ0n) is 21.3. The molecule has 194 valence electrons. The number of carbonyl (C=O) groups excluding carboxylic acids is 1. The standard InChI is InChI=1S/C25H39N5O4S/c1-16-23(17(2)34-27-16)18-13-22(35(32,33)28-19-7-5-6-8-19)20-14-21(24(31)26-25(20,3)15-18)30-11-9-29(4)10-12-30/h14,18-20,22,28H,5-13,15H2,1-4H3,(H,26,31)/t18?,20?,22?,25-/m0/s1. The highest BCUT2D eigenvalue weighted by Gasteiger charge is 2.54. The van der Waals surface area contributed by atoms with Gasteiger partial charge in [-0.3, -0.25) is 4.79 Å². The SMILES string of the molecule is Cc1noc(C)c1C1CC(S(=O)(=O)NC2CCCC2)C2C=C(N3CCN(C)CC3)C(=O)N[C@@]2(C)C1. The maximum absolute atomic E-state index is 13.9. The van der Waals surface area contributed by atoms with Crippen molar-refractivity contribution in [1.82, 2.24) is 25.0 Å². The number of fused-ring (bicyclic) bond motifs is 1. The lowest BCUT2D eigenvalue weighted by atomic mass is 9.65. The quantitative estimate of drug-likeness (QED) is 0.630. The first-order chi connectivity index (χ1) is 16.6. The van der Waals surface area contributed by atoms with Crippen molar-refractivity contribution in [2.75, 3.05) is 33.2 Å². The molecule has 2 aliphatic carbocycles. The fraction of sp³-hybridized carbons (Fsp3) is 0.760. The minimum absolute atomic E-state index is 0.00459. The van der Waals surface area contributed by atoms with E-state index < -0.39 is 20.8 Å². The number of piperazine rings is 1. The average molecular weight is 506 g/mol. The van der Waals surface area contributed by atoms with Gasteiger partial charge in [0.1, 0.15) is 5.76 Å². The molecule has 3 heterocycles. The van der Waals surface area contributed by atoms with Crippen LogP contribution in [0.3, 0.4) is 0 Å². The van der Waals surface area contributed by atoms with Crippen molar-refractivity contribution in [2.24, 2.45) is 5.92 Å². The Morgan fingerprint density at radius 3 is 2.49 bits per heavy atom. The molecule has 3 fully saturated rings. The van der Waals surface area contributed by atoms with E-state index in [-0.39, 0.29) is 23.8 Å². The number of aryl methyl sites for hydroxylation is 2. The molecule has 1 aromatic rings. The predicted octanol–water partition coefficient (Wildman–Crippen LogP) is 2.04. The van der Waals surface area contributed by atoms with Crippen molar-refractivity contribution < 1.29 is 17.7 Å². The van der Waals surface area contributed by atoms with Crippen LogP contribution in [-0.4, -0.2) is 79.3 Å². The van der Waals surface area contributed by atoms with Gasteiger partial charge >= 0.3 is 0 Å². The molecule has 10 heteroatoms. The first kappa shape index (κ1) is 24.8. The zero-order valence-corrected chi connectivity index (χ0v) is 22.2. The van der Waals surface area contributed by atoms with E-state index in [4.69, 9.17) is 4.52 Å². The first-order valence-corrected chi connectivity index (χ1v) is 14.5. The number of rotatable bonds is 5. The number of sulfonamides is 1. The van der Waals surface area contributed by atoms with E-state index >= 15 is 0 Å². The van der Waals surface area contributed by atoms with E-state index in [9.17, 15) is 13.2 Å². The summed E-state index contributed by atoms with van der Waals surface area (Å²) in [7, 11) is -1.55. The summed E-state index contributed by atoms with van der Waals surface area (Å²) >= 11 is 0. The monoisotopic (exact) mass is 505 g/mol. The van der Waals surface area contributed by atoms with Gasteiger partial charge in [-0.05, 0) is 65.5 Å². The van der Waals surface area contributed by atoms with Crippen LogP contribution >= 0.6 is 0 Å². The Bertz CT molecular complexity index is 1080. The van der Waals surface area contributed by atoms with Crippen molar-refractivity contribution >= 4 is 15.9 Å². The molecular weight excluding hydrogens is 466 g/mol. The highest BCUT2D eigenvalue weighted by atomic mass is 32.2. The fourth-order valence-electron chi connectivity index (χ4n) is 6.84. The molecule has 4 aliphatic rings. The lowest BCUT2D eigenvalue weighted by molar-refractivity contribution is -0.123. The lowest BCUT2D eigenvalue weighted by Gasteiger charge is -2.51. The normalized spacial score (nSPS) is 32.9. The van der Waals surface area contributed by atoms with Crippen LogP contribution in [0.5, 0.6) is 0 Å². The Hall–Kier alpha value is -1.91. The molecule has 3 unspecified atom stereocenters.